The van der Waals surface area contributed by atoms with Crippen LogP contribution in [0.3, 0.4) is 0 Å². The van der Waals surface area contributed by atoms with Gasteiger partial charge >= 0.3 is 5.97 Å². The Hall–Kier alpha value is -1.75. The normalized spacial score (nSPS) is 14.9. The molecule has 1 aliphatic rings. The second-order valence-corrected chi connectivity index (χ2v) is 3.81. The van der Waals surface area contributed by atoms with E-state index >= 15 is 0 Å². The Labute approximate surface area is 92.8 Å². The quantitative estimate of drug-likeness (QED) is 0.787. The third-order valence-electron chi connectivity index (χ3n) is 2.45. The van der Waals surface area contributed by atoms with E-state index in [2.05, 4.69) is 0 Å². The number of benzene rings is 1. The molecule has 0 amide bonds. The Morgan fingerprint density at radius 3 is 3.00 bits per heavy atom. The van der Waals surface area contributed by atoms with Crippen LogP contribution >= 0.6 is 0 Å². The third-order valence-corrected chi connectivity index (χ3v) is 2.45. The standard InChI is InChI=1S/C11H13NO4/c1-6-2-7(4-8(12)11(13)14)10-9(3-6)15-5-16-10/h2-3,8H,4-5,12H2,1H3,(H,13,14). The molecule has 0 radical (unpaired) electrons. The number of aryl methyl sites for hydroxylation is 1. The molecule has 5 heteroatoms. The molecule has 0 fully saturated rings. The van der Waals surface area contributed by atoms with Gasteiger partial charge in [0.1, 0.15) is 6.04 Å². The first kappa shape index (κ1) is 10.8. The molecule has 2 rings (SSSR count). The van der Waals surface area contributed by atoms with E-state index < -0.39 is 12.0 Å². The van der Waals surface area contributed by atoms with E-state index in [4.69, 9.17) is 20.3 Å². The van der Waals surface area contributed by atoms with Gasteiger partial charge in [-0.15, -0.1) is 0 Å². The lowest BCUT2D eigenvalue weighted by atomic mass is 10.0. The van der Waals surface area contributed by atoms with Crippen LogP contribution in [0.5, 0.6) is 11.5 Å². The smallest absolute Gasteiger partial charge is 0.320 e. The molecule has 0 aliphatic carbocycles. The fraction of sp³-hybridized carbons (Fsp3) is 0.364. The average molecular weight is 223 g/mol. The lowest BCUT2D eigenvalue weighted by Crippen LogP contribution is -2.32. The summed E-state index contributed by atoms with van der Waals surface area (Å²) >= 11 is 0. The van der Waals surface area contributed by atoms with Crippen LogP contribution in [0.15, 0.2) is 12.1 Å². The summed E-state index contributed by atoms with van der Waals surface area (Å²) < 4.78 is 10.5. The fourth-order valence-corrected chi connectivity index (χ4v) is 1.71. The molecule has 16 heavy (non-hydrogen) atoms. The summed E-state index contributed by atoms with van der Waals surface area (Å²) in [6, 6.07) is 2.81. The van der Waals surface area contributed by atoms with Gasteiger partial charge < -0.3 is 20.3 Å². The lowest BCUT2D eigenvalue weighted by Gasteiger charge is -2.10. The van der Waals surface area contributed by atoms with Crippen molar-refractivity contribution in [3.63, 3.8) is 0 Å². The number of rotatable bonds is 3. The van der Waals surface area contributed by atoms with Crippen LogP contribution in [0, 0.1) is 6.92 Å². The van der Waals surface area contributed by atoms with E-state index in [1.165, 1.54) is 0 Å². The largest absolute Gasteiger partial charge is 0.480 e. The number of hydrogen-bond acceptors (Lipinski definition) is 4. The molecular weight excluding hydrogens is 210 g/mol. The zero-order valence-corrected chi connectivity index (χ0v) is 8.90. The van der Waals surface area contributed by atoms with Crippen molar-refractivity contribution in [3.05, 3.63) is 23.3 Å². The van der Waals surface area contributed by atoms with Gasteiger partial charge in [0.05, 0.1) is 0 Å². The molecule has 0 aromatic heterocycles. The number of carboxylic acids is 1. The summed E-state index contributed by atoms with van der Waals surface area (Å²) in [5.41, 5.74) is 7.27. The summed E-state index contributed by atoms with van der Waals surface area (Å²) in [5, 5.41) is 8.76. The Balaban J connectivity index is 2.30. The van der Waals surface area contributed by atoms with Crippen molar-refractivity contribution in [1.29, 1.82) is 0 Å². The van der Waals surface area contributed by atoms with Crippen LogP contribution in [0.4, 0.5) is 0 Å². The number of carboxylic acid groups (broad SMARTS) is 1. The molecular formula is C11H13NO4. The second kappa shape index (κ2) is 4.02. The van der Waals surface area contributed by atoms with Crippen molar-refractivity contribution >= 4 is 5.97 Å². The predicted octanol–water partition coefficient (Wildman–Crippen LogP) is 0.678. The Kier molecular flexibility index (Phi) is 2.70. The molecule has 1 aromatic rings. The van der Waals surface area contributed by atoms with E-state index in [1.54, 1.807) is 0 Å². The molecule has 3 N–H and O–H groups in total. The average Bonchev–Trinajstić information content (AvgIpc) is 2.65. The molecule has 1 heterocycles. The van der Waals surface area contributed by atoms with Gasteiger partial charge in [-0.2, -0.15) is 0 Å². The first-order valence-electron chi connectivity index (χ1n) is 4.95. The lowest BCUT2D eigenvalue weighted by molar-refractivity contribution is -0.138. The van der Waals surface area contributed by atoms with Crippen molar-refractivity contribution in [2.75, 3.05) is 6.79 Å². The van der Waals surface area contributed by atoms with Crippen LogP contribution in [-0.4, -0.2) is 23.9 Å². The highest BCUT2D eigenvalue weighted by Crippen LogP contribution is 2.37. The summed E-state index contributed by atoms with van der Waals surface area (Å²) in [5.74, 6) is 0.254. The maximum Gasteiger partial charge on any atom is 0.320 e. The van der Waals surface area contributed by atoms with Crippen LogP contribution in [0.25, 0.3) is 0 Å². The Morgan fingerprint density at radius 1 is 1.56 bits per heavy atom. The van der Waals surface area contributed by atoms with Crippen molar-refractivity contribution in [3.8, 4) is 11.5 Å². The zero-order valence-electron chi connectivity index (χ0n) is 8.90. The fourth-order valence-electron chi connectivity index (χ4n) is 1.71. The number of nitrogens with two attached hydrogens (primary N) is 1. The third kappa shape index (κ3) is 1.94. The van der Waals surface area contributed by atoms with Crippen molar-refractivity contribution in [2.24, 2.45) is 5.73 Å². The molecule has 1 atom stereocenters. The van der Waals surface area contributed by atoms with Crippen LogP contribution in [0.1, 0.15) is 11.1 Å². The minimum Gasteiger partial charge on any atom is -0.480 e. The van der Waals surface area contributed by atoms with Gasteiger partial charge in [-0.25, -0.2) is 0 Å². The molecule has 86 valence electrons. The van der Waals surface area contributed by atoms with Gasteiger partial charge in [0, 0.05) is 12.0 Å². The van der Waals surface area contributed by atoms with E-state index in [0.29, 0.717) is 11.5 Å². The summed E-state index contributed by atoms with van der Waals surface area (Å²) in [7, 11) is 0. The zero-order chi connectivity index (χ0) is 11.7. The van der Waals surface area contributed by atoms with Crippen LogP contribution in [-0.2, 0) is 11.2 Å². The van der Waals surface area contributed by atoms with E-state index in [1.807, 2.05) is 19.1 Å². The second-order valence-electron chi connectivity index (χ2n) is 3.81. The number of ether oxygens (including phenoxy) is 2. The predicted molar refractivity (Wildman–Crippen MR) is 56.6 cm³/mol. The van der Waals surface area contributed by atoms with Crippen molar-refractivity contribution < 1.29 is 19.4 Å². The van der Waals surface area contributed by atoms with Crippen LogP contribution in [0.2, 0.25) is 0 Å². The molecule has 0 bridgehead atoms. The Bertz CT molecular complexity index is 430. The number of hydrogen-bond donors (Lipinski definition) is 2. The maximum atomic E-state index is 10.7. The monoisotopic (exact) mass is 223 g/mol. The van der Waals surface area contributed by atoms with E-state index in [0.717, 1.165) is 11.1 Å². The highest BCUT2D eigenvalue weighted by molar-refractivity contribution is 5.74. The molecule has 0 saturated carbocycles. The highest BCUT2D eigenvalue weighted by Gasteiger charge is 2.22. The molecule has 1 aromatic carbocycles. The Morgan fingerprint density at radius 2 is 2.31 bits per heavy atom. The van der Waals surface area contributed by atoms with Gasteiger partial charge in [0.2, 0.25) is 6.79 Å². The van der Waals surface area contributed by atoms with Gasteiger partial charge in [-0.3, -0.25) is 4.79 Å². The topological polar surface area (TPSA) is 81.8 Å². The summed E-state index contributed by atoms with van der Waals surface area (Å²) in [4.78, 5) is 10.7. The molecule has 1 aliphatic heterocycles. The minimum absolute atomic E-state index is 0.175. The highest BCUT2D eigenvalue weighted by atomic mass is 16.7. The summed E-state index contributed by atoms with van der Waals surface area (Å²) in [6.45, 7) is 2.09. The SMILES string of the molecule is Cc1cc(CC(N)C(=O)O)c2c(c1)OCO2. The van der Waals surface area contributed by atoms with Gasteiger partial charge in [0.15, 0.2) is 11.5 Å². The van der Waals surface area contributed by atoms with Crippen molar-refractivity contribution in [2.45, 2.75) is 19.4 Å². The molecule has 1 unspecified atom stereocenters. The van der Waals surface area contributed by atoms with Crippen molar-refractivity contribution in [1.82, 2.24) is 0 Å². The molecule has 5 nitrogen and oxygen atoms in total. The minimum atomic E-state index is -1.02. The summed E-state index contributed by atoms with van der Waals surface area (Å²) in [6.07, 6.45) is 0.239. The first-order valence-corrected chi connectivity index (χ1v) is 4.95. The van der Waals surface area contributed by atoms with E-state index in [9.17, 15) is 4.79 Å². The van der Waals surface area contributed by atoms with Gasteiger partial charge in [-0.1, -0.05) is 6.07 Å². The number of fused-ring (bicyclic) bond motifs is 1. The maximum absolute atomic E-state index is 10.7. The number of aliphatic carboxylic acids is 1. The van der Waals surface area contributed by atoms with E-state index in [-0.39, 0.29) is 13.2 Å². The molecule has 0 spiro atoms. The van der Waals surface area contributed by atoms with Gasteiger partial charge in [-0.05, 0) is 18.6 Å². The van der Waals surface area contributed by atoms with Crippen LogP contribution < -0.4 is 15.2 Å². The first-order chi connectivity index (χ1) is 7.58. The van der Waals surface area contributed by atoms with Gasteiger partial charge in [0.25, 0.3) is 0 Å². The number of carbonyl (C=O) groups is 1. The molecule has 0 saturated heterocycles.